The number of amidine groups is 1. The summed E-state index contributed by atoms with van der Waals surface area (Å²) in [7, 11) is 2.09. The Labute approximate surface area is 81.8 Å². The summed E-state index contributed by atoms with van der Waals surface area (Å²) in [5, 5.41) is 7.27. The molecular weight excluding hydrogens is 162 g/mol. The van der Waals surface area contributed by atoms with Crippen LogP contribution in [-0.4, -0.2) is 30.9 Å². The number of hydrogen-bond donors (Lipinski definition) is 2. The summed E-state index contributed by atoms with van der Waals surface area (Å²) in [6.45, 7) is 8.42. The molecule has 3 nitrogen and oxygen atoms in total. The van der Waals surface area contributed by atoms with Gasteiger partial charge in [-0.3, -0.25) is 5.41 Å². The Morgan fingerprint density at radius 3 is 2.31 bits per heavy atom. The summed E-state index contributed by atoms with van der Waals surface area (Å²) in [6.07, 6.45) is 1.21. The van der Waals surface area contributed by atoms with Gasteiger partial charge in [0.1, 0.15) is 0 Å². The van der Waals surface area contributed by atoms with Gasteiger partial charge in [-0.1, -0.05) is 27.2 Å². The Kier molecular flexibility index (Phi) is 5.71. The molecule has 0 aliphatic carbocycles. The Hall–Kier alpha value is -0.570. The van der Waals surface area contributed by atoms with Crippen LogP contribution in [0.5, 0.6) is 0 Å². The van der Waals surface area contributed by atoms with E-state index in [2.05, 4.69) is 25.8 Å². The van der Waals surface area contributed by atoms with Crippen LogP contribution in [0.4, 0.5) is 0 Å². The van der Waals surface area contributed by atoms with Gasteiger partial charge in [0.2, 0.25) is 0 Å². The number of nitrogens with two attached hydrogens (primary N) is 1. The normalized spacial score (nSPS) is 15.8. The molecule has 0 rings (SSSR count). The van der Waals surface area contributed by atoms with Crippen molar-refractivity contribution in [1.29, 1.82) is 5.41 Å². The fourth-order valence-electron chi connectivity index (χ4n) is 1.30. The Bertz CT molecular complexity index is 156. The number of rotatable bonds is 6. The molecule has 0 aromatic carbocycles. The zero-order valence-corrected chi connectivity index (χ0v) is 9.30. The molecule has 0 heterocycles. The second-order valence-corrected chi connectivity index (χ2v) is 4.09. The van der Waals surface area contributed by atoms with Crippen molar-refractivity contribution in [3.05, 3.63) is 0 Å². The van der Waals surface area contributed by atoms with Crippen LogP contribution in [0.25, 0.3) is 0 Å². The molecule has 0 aliphatic rings. The van der Waals surface area contributed by atoms with Crippen LogP contribution in [0.15, 0.2) is 0 Å². The van der Waals surface area contributed by atoms with E-state index in [1.54, 1.807) is 0 Å². The van der Waals surface area contributed by atoms with E-state index in [4.69, 9.17) is 11.1 Å². The molecule has 3 N–H and O–H groups in total. The number of nitrogens with zero attached hydrogens (tertiary/aromatic N) is 1. The topological polar surface area (TPSA) is 53.1 Å². The maximum absolute atomic E-state index is 7.27. The lowest BCUT2D eigenvalue weighted by Crippen LogP contribution is -2.34. The molecule has 0 spiro atoms. The molecule has 0 aromatic rings. The van der Waals surface area contributed by atoms with E-state index in [0.29, 0.717) is 0 Å². The third-order valence-corrected chi connectivity index (χ3v) is 2.44. The molecule has 78 valence electrons. The molecule has 2 unspecified atom stereocenters. The van der Waals surface area contributed by atoms with Gasteiger partial charge in [0.25, 0.3) is 0 Å². The van der Waals surface area contributed by atoms with Crippen LogP contribution in [0.2, 0.25) is 0 Å². The van der Waals surface area contributed by atoms with Gasteiger partial charge in [-0.25, -0.2) is 0 Å². The summed E-state index contributed by atoms with van der Waals surface area (Å²) in [5.74, 6) is 1.19. The highest BCUT2D eigenvalue weighted by Gasteiger charge is 2.10. The molecule has 0 fully saturated rings. The second kappa shape index (κ2) is 5.97. The lowest BCUT2D eigenvalue weighted by atomic mass is 10.1. The summed E-state index contributed by atoms with van der Waals surface area (Å²) < 4.78 is 0. The smallest absolute Gasteiger partial charge is 0.0947 e. The highest BCUT2D eigenvalue weighted by atomic mass is 15.1. The average molecular weight is 185 g/mol. The minimum Gasteiger partial charge on any atom is -0.387 e. The molecule has 0 aromatic heterocycles. The average Bonchev–Trinajstić information content (AvgIpc) is 2.03. The molecule has 3 heteroatoms. The van der Waals surface area contributed by atoms with Crippen molar-refractivity contribution in [1.82, 2.24) is 4.90 Å². The number of nitrogens with one attached hydrogen (secondary N) is 1. The first-order valence-corrected chi connectivity index (χ1v) is 4.99. The SMILES string of the molecule is CCC(C)CN(C)CC(C)C(=N)N. The molecule has 0 aliphatic heterocycles. The summed E-state index contributed by atoms with van der Waals surface area (Å²) in [6, 6.07) is 0. The quantitative estimate of drug-likeness (QED) is 0.487. The zero-order valence-electron chi connectivity index (χ0n) is 9.30. The molecule has 0 radical (unpaired) electrons. The summed E-state index contributed by atoms with van der Waals surface area (Å²) in [5.41, 5.74) is 5.40. The van der Waals surface area contributed by atoms with E-state index in [1.165, 1.54) is 6.42 Å². The Morgan fingerprint density at radius 1 is 1.38 bits per heavy atom. The van der Waals surface area contributed by atoms with Crippen LogP contribution < -0.4 is 5.73 Å². The first-order chi connectivity index (χ1) is 5.97. The summed E-state index contributed by atoms with van der Waals surface area (Å²) in [4.78, 5) is 2.25. The maximum atomic E-state index is 7.27. The van der Waals surface area contributed by atoms with Crippen molar-refractivity contribution >= 4 is 5.84 Å². The maximum Gasteiger partial charge on any atom is 0.0947 e. The fraction of sp³-hybridized carbons (Fsp3) is 0.900. The van der Waals surface area contributed by atoms with Gasteiger partial charge in [-0.15, -0.1) is 0 Å². The van der Waals surface area contributed by atoms with Gasteiger partial charge in [0.15, 0.2) is 0 Å². The minimum atomic E-state index is 0.175. The Morgan fingerprint density at radius 2 is 1.92 bits per heavy atom. The Balaban J connectivity index is 3.73. The lowest BCUT2D eigenvalue weighted by Gasteiger charge is -2.23. The van der Waals surface area contributed by atoms with Gasteiger partial charge in [0, 0.05) is 19.0 Å². The van der Waals surface area contributed by atoms with E-state index in [9.17, 15) is 0 Å². The third kappa shape index (κ3) is 5.64. The van der Waals surface area contributed by atoms with E-state index in [-0.39, 0.29) is 11.8 Å². The van der Waals surface area contributed by atoms with Crippen molar-refractivity contribution in [2.75, 3.05) is 20.1 Å². The van der Waals surface area contributed by atoms with E-state index in [0.717, 1.165) is 19.0 Å². The lowest BCUT2D eigenvalue weighted by molar-refractivity contribution is 0.268. The van der Waals surface area contributed by atoms with Gasteiger partial charge >= 0.3 is 0 Å². The van der Waals surface area contributed by atoms with E-state index in [1.807, 2.05) is 6.92 Å². The molecule has 2 atom stereocenters. The van der Waals surface area contributed by atoms with Crippen LogP contribution in [0.3, 0.4) is 0 Å². The van der Waals surface area contributed by atoms with E-state index < -0.39 is 0 Å². The van der Waals surface area contributed by atoms with Crippen LogP contribution in [0, 0.1) is 17.2 Å². The van der Waals surface area contributed by atoms with Crippen molar-refractivity contribution in [2.24, 2.45) is 17.6 Å². The summed E-state index contributed by atoms with van der Waals surface area (Å²) >= 11 is 0. The predicted molar refractivity (Wildman–Crippen MR) is 58.0 cm³/mol. The second-order valence-electron chi connectivity index (χ2n) is 4.09. The molecule has 0 bridgehead atoms. The van der Waals surface area contributed by atoms with Gasteiger partial charge in [-0.2, -0.15) is 0 Å². The third-order valence-electron chi connectivity index (χ3n) is 2.44. The predicted octanol–water partition coefficient (Wildman–Crippen LogP) is 1.54. The van der Waals surface area contributed by atoms with E-state index >= 15 is 0 Å². The molecule has 0 amide bonds. The molecule has 0 saturated heterocycles. The van der Waals surface area contributed by atoms with Crippen LogP contribution in [0.1, 0.15) is 27.2 Å². The minimum absolute atomic E-state index is 0.175. The van der Waals surface area contributed by atoms with Crippen molar-refractivity contribution in [3.8, 4) is 0 Å². The van der Waals surface area contributed by atoms with Crippen molar-refractivity contribution in [2.45, 2.75) is 27.2 Å². The van der Waals surface area contributed by atoms with Gasteiger partial charge in [-0.05, 0) is 13.0 Å². The monoisotopic (exact) mass is 185 g/mol. The zero-order chi connectivity index (χ0) is 10.4. The first-order valence-electron chi connectivity index (χ1n) is 4.99. The number of hydrogen-bond acceptors (Lipinski definition) is 2. The van der Waals surface area contributed by atoms with Gasteiger partial charge in [0.05, 0.1) is 5.84 Å². The van der Waals surface area contributed by atoms with Crippen LogP contribution in [-0.2, 0) is 0 Å². The highest BCUT2D eigenvalue weighted by Crippen LogP contribution is 2.04. The fourth-order valence-corrected chi connectivity index (χ4v) is 1.30. The van der Waals surface area contributed by atoms with Crippen LogP contribution >= 0.6 is 0 Å². The highest BCUT2D eigenvalue weighted by molar-refractivity contribution is 5.79. The molecule has 13 heavy (non-hydrogen) atoms. The first kappa shape index (κ1) is 12.4. The van der Waals surface area contributed by atoms with Crippen molar-refractivity contribution in [3.63, 3.8) is 0 Å². The van der Waals surface area contributed by atoms with Gasteiger partial charge < -0.3 is 10.6 Å². The van der Waals surface area contributed by atoms with Crippen molar-refractivity contribution < 1.29 is 0 Å². The molecule has 0 saturated carbocycles. The standard InChI is InChI=1S/C10H23N3/c1-5-8(2)6-13(4)7-9(3)10(11)12/h8-9H,5-7H2,1-4H3,(H3,11,12). The largest absolute Gasteiger partial charge is 0.387 e. The molecular formula is C10H23N3.